The third-order valence-electron chi connectivity index (χ3n) is 2.67. The zero-order valence-electron chi connectivity index (χ0n) is 8.53. The first-order chi connectivity index (χ1) is 7.16. The Bertz CT molecular complexity index is 343. The summed E-state index contributed by atoms with van der Waals surface area (Å²) in [5, 5.41) is 0. The Labute approximate surface area is 87.1 Å². The lowest BCUT2D eigenvalue weighted by Gasteiger charge is -2.17. The van der Waals surface area contributed by atoms with Crippen molar-refractivity contribution in [2.45, 2.75) is 19.8 Å². The third-order valence-corrected chi connectivity index (χ3v) is 2.67. The van der Waals surface area contributed by atoms with E-state index in [9.17, 15) is 8.78 Å². The standard InChI is InChI=1S/C10H13F2N3/c1-7-13-4-2-9(14-7)15-5-3-8(6-15)10(11)12/h2,4,8,10H,3,5-6H2,1H3. The van der Waals surface area contributed by atoms with Gasteiger partial charge in [-0.1, -0.05) is 0 Å². The van der Waals surface area contributed by atoms with Gasteiger partial charge in [-0.3, -0.25) is 0 Å². The van der Waals surface area contributed by atoms with Gasteiger partial charge in [0, 0.05) is 25.2 Å². The van der Waals surface area contributed by atoms with Gasteiger partial charge in [0.1, 0.15) is 11.6 Å². The molecule has 2 heterocycles. The summed E-state index contributed by atoms with van der Waals surface area (Å²) in [4.78, 5) is 10.1. The van der Waals surface area contributed by atoms with Gasteiger partial charge in [0.25, 0.3) is 0 Å². The van der Waals surface area contributed by atoms with Gasteiger partial charge in [0.05, 0.1) is 0 Å². The van der Waals surface area contributed by atoms with E-state index in [0.717, 1.165) is 5.82 Å². The van der Waals surface area contributed by atoms with Crippen molar-refractivity contribution in [1.82, 2.24) is 9.97 Å². The lowest BCUT2D eigenvalue weighted by molar-refractivity contribution is 0.0880. The fourth-order valence-electron chi connectivity index (χ4n) is 1.82. The van der Waals surface area contributed by atoms with Gasteiger partial charge in [0.15, 0.2) is 0 Å². The average Bonchev–Trinajstić information content (AvgIpc) is 2.66. The van der Waals surface area contributed by atoms with Crippen LogP contribution in [0.1, 0.15) is 12.2 Å². The summed E-state index contributed by atoms with van der Waals surface area (Å²) in [6, 6.07) is 1.76. The molecule has 1 unspecified atom stereocenters. The lowest BCUT2D eigenvalue weighted by atomic mass is 10.1. The highest BCUT2D eigenvalue weighted by Gasteiger charge is 2.30. The molecule has 1 aromatic heterocycles. The molecular formula is C10H13F2N3. The van der Waals surface area contributed by atoms with Crippen molar-refractivity contribution in [3.8, 4) is 0 Å². The summed E-state index contributed by atoms with van der Waals surface area (Å²) < 4.78 is 24.9. The van der Waals surface area contributed by atoms with Crippen LogP contribution in [-0.2, 0) is 0 Å². The molecule has 82 valence electrons. The van der Waals surface area contributed by atoms with E-state index in [0.29, 0.717) is 25.3 Å². The summed E-state index contributed by atoms with van der Waals surface area (Å²) in [6.07, 6.45) is -0.0217. The quantitative estimate of drug-likeness (QED) is 0.751. The molecule has 0 radical (unpaired) electrons. The molecule has 0 amide bonds. The van der Waals surface area contributed by atoms with Crippen molar-refractivity contribution in [3.05, 3.63) is 18.1 Å². The lowest BCUT2D eigenvalue weighted by Crippen LogP contribution is -2.23. The van der Waals surface area contributed by atoms with Crippen LogP contribution in [0.4, 0.5) is 14.6 Å². The molecule has 0 N–H and O–H groups in total. The molecule has 1 aromatic rings. The van der Waals surface area contributed by atoms with Crippen LogP contribution >= 0.6 is 0 Å². The van der Waals surface area contributed by atoms with Crippen LogP contribution in [0.2, 0.25) is 0 Å². The maximum absolute atomic E-state index is 12.4. The van der Waals surface area contributed by atoms with Crippen LogP contribution < -0.4 is 4.90 Å². The second-order valence-corrected chi connectivity index (χ2v) is 3.79. The highest BCUT2D eigenvalue weighted by molar-refractivity contribution is 5.38. The minimum absolute atomic E-state index is 0.397. The summed E-state index contributed by atoms with van der Waals surface area (Å²) in [6.45, 7) is 2.85. The predicted octanol–water partition coefficient (Wildman–Crippen LogP) is 1.88. The molecule has 2 rings (SSSR count). The largest absolute Gasteiger partial charge is 0.356 e. The molecule has 0 aliphatic carbocycles. The Balaban J connectivity index is 2.08. The fourth-order valence-corrected chi connectivity index (χ4v) is 1.82. The molecule has 0 aromatic carbocycles. The first kappa shape index (κ1) is 10.3. The zero-order chi connectivity index (χ0) is 10.8. The third kappa shape index (κ3) is 2.22. The normalized spacial score (nSPS) is 21.3. The number of alkyl halides is 2. The number of rotatable bonds is 2. The number of nitrogens with zero attached hydrogens (tertiary/aromatic N) is 3. The molecule has 0 saturated carbocycles. The fraction of sp³-hybridized carbons (Fsp3) is 0.600. The van der Waals surface area contributed by atoms with Gasteiger partial charge < -0.3 is 4.90 Å². The van der Waals surface area contributed by atoms with Crippen molar-refractivity contribution in [3.63, 3.8) is 0 Å². The molecular weight excluding hydrogens is 200 g/mol. The van der Waals surface area contributed by atoms with Crippen LogP contribution in [0.5, 0.6) is 0 Å². The topological polar surface area (TPSA) is 29.0 Å². The van der Waals surface area contributed by atoms with Gasteiger partial charge in [-0.05, 0) is 19.4 Å². The molecule has 1 atom stereocenters. The minimum atomic E-state index is -2.22. The Hall–Kier alpha value is -1.26. The zero-order valence-corrected chi connectivity index (χ0v) is 8.53. The summed E-state index contributed by atoms with van der Waals surface area (Å²) in [7, 11) is 0. The predicted molar refractivity (Wildman–Crippen MR) is 53.1 cm³/mol. The monoisotopic (exact) mass is 213 g/mol. The van der Waals surface area contributed by atoms with Crippen LogP contribution in [-0.4, -0.2) is 29.5 Å². The minimum Gasteiger partial charge on any atom is -0.356 e. The van der Waals surface area contributed by atoms with Crippen LogP contribution in [0, 0.1) is 12.8 Å². The molecule has 15 heavy (non-hydrogen) atoms. The van der Waals surface area contributed by atoms with Gasteiger partial charge in [0.2, 0.25) is 6.43 Å². The number of hydrogen-bond donors (Lipinski definition) is 0. The number of hydrogen-bond acceptors (Lipinski definition) is 3. The SMILES string of the molecule is Cc1nccc(N2CCC(C(F)F)C2)n1. The Morgan fingerprint density at radius 2 is 2.33 bits per heavy atom. The number of aryl methyl sites for hydroxylation is 1. The maximum atomic E-state index is 12.4. The molecule has 1 saturated heterocycles. The van der Waals surface area contributed by atoms with E-state index in [1.165, 1.54) is 0 Å². The van der Waals surface area contributed by atoms with E-state index >= 15 is 0 Å². The van der Waals surface area contributed by atoms with Crippen molar-refractivity contribution in [1.29, 1.82) is 0 Å². The highest BCUT2D eigenvalue weighted by atomic mass is 19.3. The second kappa shape index (κ2) is 4.08. The first-order valence-electron chi connectivity index (χ1n) is 4.99. The Morgan fingerprint density at radius 1 is 1.53 bits per heavy atom. The Morgan fingerprint density at radius 3 is 2.93 bits per heavy atom. The molecule has 1 aliphatic heterocycles. The van der Waals surface area contributed by atoms with E-state index in [1.54, 1.807) is 19.2 Å². The van der Waals surface area contributed by atoms with Crippen molar-refractivity contribution in [2.75, 3.05) is 18.0 Å². The molecule has 5 heteroatoms. The summed E-state index contributed by atoms with van der Waals surface area (Å²) >= 11 is 0. The van der Waals surface area contributed by atoms with Crippen LogP contribution in [0.25, 0.3) is 0 Å². The molecule has 0 spiro atoms. The van der Waals surface area contributed by atoms with E-state index in [-0.39, 0.29) is 0 Å². The smallest absolute Gasteiger partial charge is 0.243 e. The summed E-state index contributed by atoms with van der Waals surface area (Å²) in [5.74, 6) is 0.916. The number of aromatic nitrogens is 2. The second-order valence-electron chi connectivity index (χ2n) is 3.79. The van der Waals surface area contributed by atoms with Crippen LogP contribution in [0.3, 0.4) is 0 Å². The maximum Gasteiger partial charge on any atom is 0.243 e. The molecule has 1 fully saturated rings. The van der Waals surface area contributed by atoms with Crippen molar-refractivity contribution < 1.29 is 8.78 Å². The molecule has 3 nitrogen and oxygen atoms in total. The molecule has 0 bridgehead atoms. The summed E-state index contributed by atoms with van der Waals surface area (Å²) in [5.41, 5.74) is 0. The Kier molecular flexibility index (Phi) is 2.79. The molecule has 1 aliphatic rings. The van der Waals surface area contributed by atoms with Crippen molar-refractivity contribution >= 4 is 5.82 Å². The van der Waals surface area contributed by atoms with Gasteiger partial charge in [-0.2, -0.15) is 0 Å². The van der Waals surface area contributed by atoms with Gasteiger partial charge >= 0.3 is 0 Å². The van der Waals surface area contributed by atoms with E-state index in [4.69, 9.17) is 0 Å². The van der Waals surface area contributed by atoms with E-state index in [1.807, 2.05) is 4.90 Å². The highest BCUT2D eigenvalue weighted by Crippen LogP contribution is 2.25. The van der Waals surface area contributed by atoms with E-state index < -0.39 is 12.3 Å². The van der Waals surface area contributed by atoms with E-state index in [2.05, 4.69) is 9.97 Å². The average molecular weight is 213 g/mol. The van der Waals surface area contributed by atoms with Crippen molar-refractivity contribution in [2.24, 2.45) is 5.92 Å². The number of halogens is 2. The first-order valence-corrected chi connectivity index (χ1v) is 4.99. The van der Waals surface area contributed by atoms with Gasteiger partial charge in [-0.15, -0.1) is 0 Å². The van der Waals surface area contributed by atoms with Gasteiger partial charge in [-0.25, -0.2) is 18.7 Å². The number of anilines is 1. The van der Waals surface area contributed by atoms with Crippen LogP contribution in [0.15, 0.2) is 12.3 Å².